The van der Waals surface area contributed by atoms with E-state index in [1.807, 2.05) is 13.8 Å². The van der Waals surface area contributed by atoms with E-state index in [9.17, 15) is 4.79 Å². The highest BCUT2D eigenvalue weighted by Crippen LogP contribution is 2.26. The first-order chi connectivity index (χ1) is 9.61. The highest BCUT2D eigenvalue weighted by molar-refractivity contribution is 5.77. The van der Waals surface area contributed by atoms with Gasteiger partial charge in [-0.3, -0.25) is 4.79 Å². The molecule has 0 radical (unpaired) electrons. The fraction of sp³-hybridized carbons (Fsp3) is 0.500. The first-order valence-corrected chi connectivity index (χ1v) is 6.64. The van der Waals surface area contributed by atoms with Gasteiger partial charge in [-0.05, 0) is 25.3 Å². The van der Waals surface area contributed by atoms with Gasteiger partial charge < -0.3 is 13.7 Å². The van der Waals surface area contributed by atoms with Crippen LogP contribution < -0.4 is 0 Å². The number of carbonyl (C=O) groups is 1. The highest BCUT2D eigenvalue weighted by Gasteiger charge is 2.29. The predicted octanol–water partition coefficient (Wildman–Crippen LogP) is 3.02. The van der Waals surface area contributed by atoms with Gasteiger partial charge in [0.1, 0.15) is 12.2 Å². The molecule has 6 nitrogen and oxygen atoms in total. The van der Waals surface area contributed by atoms with E-state index in [1.165, 1.54) is 12.5 Å². The van der Waals surface area contributed by atoms with Crippen LogP contribution in [0.2, 0.25) is 0 Å². The van der Waals surface area contributed by atoms with Gasteiger partial charge in [0.05, 0.1) is 18.4 Å². The minimum atomic E-state index is -0.525. The molecular weight excluding hydrogens is 260 g/mol. The number of nitrogens with zero attached hydrogens (tertiary/aromatic N) is 2. The summed E-state index contributed by atoms with van der Waals surface area (Å²) in [5.41, 5.74) is 0.715. The van der Waals surface area contributed by atoms with E-state index in [-0.39, 0.29) is 11.9 Å². The molecular formula is C14H18N2O4. The van der Waals surface area contributed by atoms with Crippen LogP contribution in [0.25, 0.3) is 11.4 Å². The van der Waals surface area contributed by atoms with Crippen LogP contribution in [0.1, 0.15) is 39.0 Å². The molecule has 20 heavy (non-hydrogen) atoms. The molecule has 1 atom stereocenters. The number of hydrogen-bond acceptors (Lipinski definition) is 6. The van der Waals surface area contributed by atoms with E-state index >= 15 is 0 Å². The molecule has 0 N–H and O–H groups in total. The van der Waals surface area contributed by atoms with E-state index in [0.29, 0.717) is 30.3 Å². The largest absolute Gasteiger partial charge is 0.472 e. The van der Waals surface area contributed by atoms with Crippen LogP contribution >= 0.6 is 0 Å². The van der Waals surface area contributed by atoms with E-state index in [0.717, 1.165) is 0 Å². The monoisotopic (exact) mass is 278 g/mol. The third kappa shape index (κ3) is 3.26. The van der Waals surface area contributed by atoms with Crippen LogP contribution in [0.3, 0.4) is 0 Å². The lowest BCUT2D eigenvalue weighted by Gasteiger charge is -2.13. The Kier molecular flexibility index (Phi) is 4.55. The van der Waals surface area contributed by atoms with Crippen molar-refractivity contribution in [2.24, 2.45) is 5.92 Å². The molecule has 0 aliphatic carbocycles. The van der Waals surface area contributed by atoms with Gasteiger partial charge in [-0.15, -0.1) is 0 Å². The molecule has 2 rings (SSSR count). The van der Waals surface area contributed by atoms with Crippen molar-refractivity contribution in [1.82, 2.24) is 10.1 Å². The molecule has 0 aliphatic rings. The van der Waals surface area contributed by atoms with E-state index in [2.05, 4.69) is 10.1 Å². The van der Waals surface area contributed by atoms with Crippen LogP contribution in [-0.4, -0.2) is 22.7 Å². The summed E-state index contributed by atoms with van der Waals surface area (Å²) in [7, 11) is 0. The minimum Gasteiger partial charge on any atom is -0.472 e. The summed E-state index contributed by atoms with van der Waals surface area (Å²) in [6.45, 7) is 6.16. The predicted molar refractivity (Wildman–Crippen MR) is 70.8 cm³/mol. The Morgan fingerprint density at radius 3 is 2.85 bits per heavy atom. The van der Waals surface area contributed by atoms with E-state index in [4.69, 9.17) is 13.7 Å². The summed E-state index contributed by atoms with van der Waals surface area (Å²) in [6.07, 6.45) is 3.66. The van der Waals surface area contributed by atoms with Crippen LogP contribution in [0.15, 0.2) is 27.5 Å². The Hall–Kier alpha value is -2.11. The lowest BCUT2D eigenvalue weighted by Crippen LogP contribution is -2.18. The molecule has 0 saturated carbocycles. The normalized spacial score (nSPS) is 12.6. The maximum atomic E-state index is 12.0. The van der Waals surface area contributed by atoms with Gasteiger partial charge in [0.25, 0.3) is 0 Å². The summed E-state index contributed by atoms with van der Waals surface area (Å²) in [6, 6.07) is 1.73. The number of ether oxygens (including phenoxy) is 1. The van der Waals surface area contributed by atoms with Crippen molar-refractivity contribution in [2.75, 3.05) is 6.61 Å². The fourth-order valence-corrected chi connectivity index (χ4v) is 1.90. The van der Waals surface area contributed by atoms with Gasteiger partial charge >= 0.3 is 5.97 Å². The number of rotatable bonds is 6. The summed E-state index contributed by atoms with van der Waals surface area (Å²) >= 11 is 0. The van der Waals surface area contributed by atoms with Gasteiger partial charge in [0.15, 0.2) is 0 Å². The van der Waals surface area contributed by atoms with Gasteiger partial charge in [0, 0.05) is 0 Å². The summed E-state index contributed by atoms with van der Waals surface area (Å²) < 4.78 is 15.3. The molecule has 0 aromatic carbocycles. The SMILES string of the molecule is CCOC(=O)C(CC(C)C)c1nc(-c2ccoc2)no1. The van der Waals surface area contributed by atoms with Gasteiger partial charge in [-0.25, -0.2) is 0 Å². The van der Waals surface area contributed by atoms with Crippen molar-refractivity contribution < 1.29 is 18.5 Å². The van der Waals surface area contributed by atoms with Crippen molar-refractivity contribution in [3.63, 3.8) is 0 Å². The first kappa shape index (κ1) is 14.3. The Morgan fingerprint density at radius 2 is 2.25 bits per heavy atom. The molecule has 6 heteroatoms. The van der Waals surface area contributed by atoms with Crippen molar-refractivity contribution in [3.8, 4) is 11.4 Å². The molecule has 0 saturated heterocycles. The molecule has 0 bridgehead atoms. The van der Waals surface area contributed by atoms with Crippen LogP contribution in [0, 0.1) is 5.92 Å². The van der Waals surface area contributed by atoms with Crippen molar-refractivity contribution >= 4 is 5.97 Å². The Balaban J connectivity index is 2.22. The average Bonchev–Trinajstić information content (AvgIpc) is 3.06. The molecule has 0 fully saturated rings. The van der Waals surface area contributed by atoms with Crippen LogP contribution in [0.5, 0.6) is 0 Å². The molecule has 1 unspecified atom stereocenters. The van der Waals surface area contributed by atoms with Crippen molar-refractivity contribution in [2.45, 2.75) is 33.1 Å². The van der Waals surface area contributed by atoms with Crippen molar-refractivity contribution in [1.29, 1.82) is 0 Å². The quantitative estimate of drug-likeness (QED) is 0.756. The average molecular weight is 278 g/mol. The Morgan fingerprint density at radius 1 is 1.45 bits per heavy atom. The lowest BCUT2D eigenvalue weighted by molar-refractivity contribution is -0.146. The van der Waals surface area contributed by atoms with E-state index < -0.39 is 5.92 Å². The Bertz CT molecular complexity index is 545. The van der Waals surface area contributed by atoms with Crippen LogP contribution in [-0.2, 0) is 9.53 Å². The number of aromatic nitrogens is 2. The zero-order valence-electron chi connectivity index (χ0n) is 11.8. The third-order valence-corrected chi connectivity index (χ3v) is 2.80. The highest BCUT2D eigenvalue weighted by atomic mass is 16.5. The first-order valence-electron chi connectivity index (χ1n) is 6.64. The molecule has 0 spiro atoms. The van der Waals surface area contributed by atoms with Gasteiger partial charge in [0.2, 0.25) is 11.7 Å². The summed E-state index contributed by atoms with van der Waals surface area (Å²) in [5.74, 6) is 0.153. The zero-order chi connectivity index (χ0) is 14.5. The lowest BCUT2D eigenvalue weighted by atomic mass is 9.97. The number of hydrogen-bond donors (Lipinski definition) is 0. The fourth-order valence-electron chi connectivity index (χ4n) is 1.90. The smallest absolute Gasteiger partial charge is 0.318 e. The zero-order valence-corrected chi connectivity index (χ0v) is 11.8. The molecule has 2 aromatic heterocycles. The standard InChI is InChI=1S/C14H18N2O4/c1-4-19-14(17)11(7-9(2)3)13-15-12(16-20-13)10-5-6-18-8-10/h5-6,8-9,11H,4,7H2,1-3H3. The van der Waals surface area contributed by atoms with Crippen LogP contribution in [0.4, 0.5) is 0 Å². The maximum absolute atomic E-state index is 12.0. The van der Waals surface area contributed by atoms with Gasteiger partial charge in [-0.1, -0.05) is 19.0 Å². The summed E-state index contributed by atoms with van der Waals surface area (Å²) in [5, 5.41) is 3.88. The molecule has 2 aromatic rings. The molecule has 0 aliphatic heterocycles. The Labute approximate surface area is 117 Å². The van der Waals surface area contributed by atoms with Crippen molar-refractivity contribution in [3.05, 3.63) is 24.5 Å². The van der Waals surface area contributed by atoms with Gasteiger partial charge in [-0.2, -0.15) is 4.98 Å². The second-order valence-corrected chi connectivity index (χ2v) is 4.90. The minimum absolute atomic E-state index is 0.286. The number of esters is 1. The second kappa shape index (κ2) is 6.36. The second-order valence-electron chi connectivity index (χ2n) is 4.90. The number of furan rings is 1. The maximum Gasteiger partial charge on any atom is 0.318 e. The topological polar surface area (TPSA) is 78.4 Å². The molecule has 2 heterocycles. The van der Waals surface area contributed by atoms with E-state index in [1.54, 1.807) is 13.0 Å². The summed E-state index contributed by atoms with van der Waals surface area (Å²) in [4.78, 5) is 16.3. The number of carbonyl (C=O) groups excluding carboxylic acids is 1. The molecule has 108 valence electrons. The third-order valence-electron chi connectivity index (χ3n) is 2.80. The molecule has 0 amide bonds.